The summed E-state index contributed by atoms with van der Waals surface area (Å²) in [5.74, 6) is -0.952. The fourth-order valence-corrected chi connectivity index (χ4v) is 3.11. The average Bonchev–Trinajstić information content (AvgIpc) is 3.12. The quantitative estimate of drug-likeness (QED) is 0.822. The van der Waals surface area contributed by atoms with E-state index in [0.717, 1.165) is 5.56 Å². The topological polar surface area (TPSA) is 110 Å². The summed E-state index contributed by atoms with van der Waals surface area (Å²) in [6, 6.07) is 6.32. The predicted molar refractivity (Wildman–Crippen MR) is 96.1 cm³/mol. The molecule has 1 aromatic carbocycles. The van der Waals surface area contributed by atoms with E-state index < -0.39 is 18.1 Å². The van der Waals surface area contributed by atoms with Crippen LogP contribution in [0, 0.1) is 0 Å². The minimum atomic E-state index is -1.09. The van der Waals surface area contributed by atoms with E-state index in [-0.39, 0.29) is 18.6 Å². The number of tetrazole rings is 1. The molecule has 1 saturated heterocycles. The normalized spacial score (nSPS) is 21.1. The van der Waals surface area contributed by atoms with Gasteiger partial charge in [0.2, 0.25) is 11.7 Å². The SMILES string of the molecule is CCC(C(=O)N1CC(C(=O)O)O[C@H](C)C1)n1nnc(-c2ccc(Cl)cc2)n1. The van der Waals surface area contributed by atoms with Gasteiger partial charge in [0.1, 0.15) is 0 Å². The Hall–Kier alpha value is -2.52. The number of halogens is 1. The third kappa shape index (κ3) is 4.25. The number of carboxylic acids is 1. The maximum absolute atomic E-state index is 13.0. The van der Waals surface area contributed by atoms with Crippen molar-refractivity contribution in [2.45, 2.75) is 38.5 Å². The maximum Gasteiger partial charge on any atom is 0.334 e. The Morgan fingerprint density at radius 3 is 2.67 bits per heavy atom. The Labute approximate surface area is 160 Å². The lowest BCUT2D eigenvalue weighted by molar-refractivity contribution is -0.167. The Balaban J connectivity index is 1.79. The summed E-state index contributed by atoms with van der Waals surface area (Å²) >= 11 is 5.89. The van der Waals surface area contributed by atoms with Gasteiger partial charge in [-0.3, -0.25) is 4.79 Å². The van der Waals surface area contributed by atoms with Crippen LogP contribution < -0.4 is 0 Å². The zero-order valence-corrected chi connectivity index (χ0v) is 15.7. The van der Waals surface area contributed by atoms with Gasteiger partial charge in [-0.25, -0.2) is 4.79 Å². The van der Waals surface area contributed by atoms with E-state index in [1.165, 1.54) is 9.70 Å². The van der Waals surface area contributed by atoms with Gasteiger partial charge in [-0.05, 0) is 42.8 Å². The Morgan fingerprint density at radius 2 is 2.04 bits per heavy atom. The number of amides is 1. The lowest BCUT2D eigenvalue weighted by Gasteiger charge is -2.36. The second-order valence-electron chi connectivity index (χ2n) is 6.38. The standard InChI is InChI=1S/C17H20ClN5O4/c1-3-13(16(24)22-8-10(2)27-14(9-22)17(25)26)23-20-15(19-21-23)11-4-6-12(18)7-5-11/h4-7,10,13-14H,3,8-9H2,1-2H3,(H,25,26)/t10-,13?,14?/m1/s1. The number of rotatable bonds is 5. The molecule has 0 bridgehead atoms. The van der Waals surface area contributed by atoms with Crippen LogP contribution in [0.4, 0.5) is 0 Å². The first-order chi connectivity index (χ1) is 12.9. The molecule has 0 radical (unpaired) electrons. The molecule has 9 nitrogen and oxygen atoms in total. The first-order valence-corrected chi connectivity index (χ1v) is 8.99. The van der Waals surface area contributed by atoms with Crippen molar-refractivity contribution in [1.82, 2.24) is 25.1 Å². The molecule has 2 heterocycles. The lowest BCUT2D eigenvalue weighted by Crippen LogP contribution is -2.53. The fraction of sp³-hybridized carbons (Fsp3) is 0.471. The highest BCUT2D eigenvalue weighted by Gasteiger charge is 2.36. The second kappa shape index (κ2) is 8.01. The van der Waals surface area contributed by atoms with Crippen LogP contribution in [-0.4, -0.2) is 67.4 Å². The first kappa shape index (κ1) is 19.2. The maximum atomic E-state index is 13.0. The highest BCUT2D eigenvalue weighted by molar-refractivity contribution is 6.30. The molecule has 144 valence electrons. The minimum absolute atomic E-state index is 0.00621. The van der Waals surface area contributed by atoms with Gasteiger partial charge in [0.15, 0.2) is 12.1 Å². The van der Waals surface area contributed by atoms with Crippen molar-refractivity contribution in [3.8, 4) is 11.4 Å². The molecule has 3 atom stereocenters. The van der Waals surface area contributed by atoms with Crippen molar-refractivity contribution in [3.63, 3.8) is 0 Å². The van der Waals surface area contributed by atoms with E-state index in [2.05, 4.69) is 15.4 Å². The molecular formula is C17H20ClN5O4. The molecule has 0 saturated carbocycles. The summed E-state index contributed by atoms with van der Waals surface area (Å²) in [6.45, 7) is 3.89. The van der Waals surface area contributed by atoms with Crippen LogP contribution in [0.2, 0.25) is 5.02 Å². The number of carbonyl (C=O) groups is 2. The molecule has 1 aliphatic rings. The molecule has 1 aliphatic heterocycles. The van der Waals surface area contributed by atoms with Crippen LogP contribution in [0.25, 0.3) is 11.4 Å². The number of aliphatic carboxylic acids is 1. The number of aromatic nitrogens is 4. The van der Waals surface area contributed by atoms with E-state index in [1.807, 2.05) is 6.92 Å². The molecule has 1 amide bonds. The number of hydrogen-bond donors (Lipinski definition) is 1. The number of nitrogens with zero attached hydrogens (tertiary/aromatic N) is 5. The molecule has 1 fully saturated rings. The Morgan fingerprint density at radius 1 is 1.33 bits per heavy atom. The van der Waals surface area contributed by atoms with Crippen molar-refractivity contribution >= 4 is 23.5 Å². The van der Waals surface area contributed by atoms with Crippen molar-refractivity contribution in [2.24, 2.45) is 0 Å². The van der Waals surface area contributed by atoms with Gasteiger partial charge in [-0.2, -0.15) is 4.80 Å². The van der Waals surface area contributed by atoms with Crippen molar-refractivity contribution < 1.29 is 19.4 Å². The minimum Gasteiger partial charge on any atom is -0.479 e. The summed E-state index contributed by atoms with van der Waals surface area (Å²) in [5.41, 5.74) is 0.735. The third-order valence-corrected chi connectivity index (χ3v) is 4.58. The molecule has 0 spiro atoms. The molecule has 1 N–H and O–H groups in total. The lowest BCUT2D eigenvalue weighted by atomic mass is 10.1. The summed E-state index contributed by atoms with van der Waals surface area (Å²) in [4.78, 5) is 27.0. The molecule has 3 rings (SSSR count). The number of benzene rings is 1. The fourth-order valence-electron chi connectivity index (χ4n) is 2.99. The van der Waals surface area contributed by atoms with Crippen LogP contribution in [0.15, 0.2) is 24.3 Å². The Kier molecular flexibility index (Phi) is 5.71. The molecule has 2 aromatic rings. The van der Waals surface area contributed by atoms with E-state index in [1.54, 1.807) is 31.2 Å². The van der Waals surface area contributed by atoms with Gasteiger partial charge in [0, 0.05) is 17.1 Å². The van der Waals surface area contributed by atoms with Gasteiger partial charge in [-0.15, -0.1) is 10.2 Å². The largest absolute Gasteiger partial charge is 0.479 e. The van der Waals surface area contributed by atoms with E-state index >= 15 is 0 Å². The number of hydrogen-bond acceptors (Lipinski definition) is 6. The van der Waals surface area contributed by atoms with Crippen LogP contribution in [-0.2, 0) is 14.3 Å². The summed E-state index contributed by atoms with van der Waals surface area (Å²) in [7, 11) is 0. The van der Waals surface area contributed by atoms with Crippen LogP contribution >= 0.6 is 11.6 Å². The average molecular weight is 394 g/mol. The van der Waals surface area contributed by atoms with Gasteiger partial charge < -0.3 is 14.7 Å². The zero-order chi connectivity index (χ0) is 19.6. The van der Waals surface area contributed by atoms with Gasteiger partial charge >= 0.3 is 5.97 Å². The van der Waals surface area contributed by atoms with Crippen molar-refractivity contribution in [1.29, 1.82) is 0 Å². The van der Waals surface area contributed by atoms with E-state index in [0.29, 0.717) is 23.8 Å². The monoisotopic (exact) mass is 393 g/mol. The molecule has 1 aromatic heterocycles. The van der Waals surface area contributed by atoms with Gasteiger partial charge in [0.05, 0.1) is 12.6 Å². The van der Waals surface area contributed by atoms with E-state index in [4.69, 9.17) is 16.3 Å². The number of ether oxygens (including phenoxy) is 1. The summed E-state index contributed by atoms with van der Waals surface area (Å²) in [5, 5.41) is 22.2. The second-order valence-corrected chi connectivity index (χ2v) is 6.82. The zero-order valence-electron chi connectivity index (χ0n) is 14.9. The van der Waals surface area contributed by atoms with Crippen molar-refractivity contribution in [3.05, 3.63) is 29.3 Å². The number of morpholine rings is 1. The van der Waals surface area contributed by atoms with Gasteiger partial charge in [-0.1, -0.05) is 18.5 Å². The third-order valence-electron chi connectivity index (χ3n) is 4.33. The molecule has 2 unspecified atom stereocenters. The molecule has 27 heavy (non-hydrogen) atoms. The number of carboxylic acid groups (broad SMARTS) is 1. The summed E-state index contributed by atoms with van der Waals surface area (Å²) in [6.07, 6.45) is -0.961. The predicted octanol–water partition coefficient (Wildman–Crippen LogP) is 1.65. The Bertz CT molecular complexity index is 825. The van der Waals surface area contributed by atoms with Crippen LogP contribution in [0.5, 0.6) is 0 Å². The molecule has 10 heteroatoms. The number of carbonyl (C=O) groups excluding carboxylic acids is 1. The molecule has 0 aliphatic carbocycles. The van der Waals surface area contributed by atoms with Crippen molar-refractivity contribution in [2.75, 3.05) is 13.1 Å². The van der Waals surface area contributed by atoms with E-state index in [9.17, 15) is 14.7 Å². The highest BCUT2D eigenvalue weighted by Crippen LogP contribution is 2.21. The first-order valence-electron chi connectivity index (χ1n) is 8.61. The summed E-state index contributed by atoms with van der Waals surface area (Å²) < 4.78 is 5.36. The van der Waals surface area contributed by atoms with Crippen LogP contribution in [0.3, 0.4) is 0 Å². The molecular weight excluding hydrogens is 374 g/mol. The van der Waals surface area contributed by atoms with Crippen LogP contribution in [0.1, 0.15) is 26.3 Å². The smallest absolute Gasteiger partial charge is 0.334 e. The highest BCUT2D eigenvalue weighted by atomic mass is 35.5. The van der Waals surface area contributed by atoms with Gasteiger partial charge in [0.25, 0.3) is 0 Å².